The van der Waals surface area contributed by atoms with Gasteiger partial charge >= 0.3 is 6.09 Å². The Morgan fingerprint density at radius 3 is 2.30 bits per heavy atom. The van der Waals surface area contributed by atoms with Gasteiger partial charge in [0, 0.05) is 30.6 Å². The molecule has 1 aliphatic heterocycles. The normalized spacial score (nSPS) is 17.0. The molecule has 1 heterocycles. The molecular formula is C24H34Cl2N2O4S. The van der Waals surface area contributed by atoms with Gasteiger partial charge in [0.2, 0.25) is 0 Å². The number of hydrogen-bond donors (Lipinski definition) is 0. The predicted molar refractivity (Wildman–Crippen MR) is 137 cm³/mol. The number of piperidine rings is 1. The first kappa shape index (κ1) is 27.8. The lowest BCUT2D eigenvalue weighted by molar-refractivity contribution is 0.0202. The first-order valence-electron chi connectivity index (χ1n) is 10.9. The minimum atomic E-state index is -1.50. The topological polar surface area (TPSA) is 74.2 Å². The molecular weight excluding hydrogens is 483 g/mol. The average molecular weight is 518 g/mol. The van der Waals surface area contributed by atoms with Crippen molar-refractivity contribution in [3.05, 3.63) is 40.4 Å². The molecule has 1 aliphatic rings. The van der Waals surface area contributed by atoms with Crippen LogP contribution in [-0.2, 0) is 16.1 Å². The van der Waals surface area contributed by atoms with E-state index in [0.29, 0.717) is 53.0 Å². The van der Waals surface area contributed by atoms with Crippen LogP contribution in [0.5, 0.6) is 5.75 Å². The van der Waals surface area contributed by atoms with Gasteiger partial charge in [0.25, 0.3) is 0 Å². The highest BCUT2D eigenvalue weighted by Gasteiger charge is 2.34. The Hall–Kier alpha value is -1.41. The second-order valence-corrected chi connectivity index (χ2v) is 12.7. The summed E-state index contributed by atoms with van der Waals surface area (Å²) in [6, 6.07) is 3.36. The number of likely N-dealkylation sites (tertiary alicyclic amines) is 1. The minimum Gasteiger partial charge on any atom is -0.591 e. The molecule has 1 aromatic carbocycles. The number of halogens is 2. The number of amides is 1. The van der Waals surface area contributed by atoms with Gasteiger partial charge in [-0.25, -0.2) is 4.79 Å². The van der Waals surface area contributed by atoms with Gasteiger partial charge in [0.05, 0.1) is 10.0 Å². The van der Waals surface area contributed by atoms with E-state index in [1.165, 1.54) is 0 Å². The second kappa shape index (κ2) is 11.3. The van der Waals surface area contributed by atoms with Gasteiger partial charge in [0.15, 0.2) is 0 Å². The molecule has 184 valence electrons. The summed E-state index contributed by atoms with van der Waals surface area (Å²) in [7, 11) is 0. The molecule has 0 saturated carbocycles. The first-order chi connectivity index (χ1) is 15.2. The maximum atomic E-state index is 13.0. The van der Waals surface area contributed by atoms with E-state index in [0.717, 1.165) is 0 Å². The van der Waals surface area contributed by atoms with Gasteiger partial charge in [-0.05, 0) is 60.5 Å². The number of hydrogen-bond acceptors (Lipinski definition) is 5. The predicted octanol–water partition coefficient (Wildman–Crippen LogP) is 6.46. The molecule has 33 heavy (non-hydrogen) atoms. The fourth-order valence-corrected chi connectivity index (χ4v) is 4.25. The monoisotopic (exact) mass is 516 g/mol. The van der Waals surface area contributed by atoms with Crippen molar-refractivity contribution in [3.8, 4) is 5.75 Å². The second-order valence-electron chi connectivity index (χ2n) is 9.94. The highest BCUT2D eigenvalue weighted by molar-refractivity contribution is 7.91. The van der Waals surface area contributed by atoms with Crippen molar-refractivity contribution in [2.24, 2.45) is 10.3 Å². The number of carbonyl (C=O) groups excluding carboxylic acids is 1. The van der Waals surface area contributed by atoms with Gasteiger partial charge in [-0.15, -0.1) is 0 Å². The highest BCUT2D eigenvalue weighted by Crippen LogP contribution is 2.36. The lowest BCUT2D eigenvalue weighted by Gasteiger charge is -2.34. The third kappa shape index (κ3) is 8.09. The number of rotatable bonds is 6. The van der Waals surface area contributed by atoms with Crippen molar-refractivity contribution in [3.63, 3.8) is 0 Å². The van der Waals surface area contributed by atoms with Crippen LogP contribution in [0, 0.1) is 5.92 Å². The molecule has 0 spiro atoms. The third-order valence-electron chi connectivity index (χ3n) is 4.89. The van der Waals surface area contributed by atoms with Gasteiger partial charge < -0.3 is 18.9 Å². The van der Waals surface area contributed by atoms with E-state index in [4.69, 9.17) is 32.7 Å². The van der Waals surface area contributed by atoms with Gasteiger partial charge in [0.1, 0.15) is 39.8 Å². The van der Waals surface area contributed by atoms with E-state index >= 15 is 0 Å². The van der Waals surface area contributed by atoms with Crippen molar-refractivity contribution < 1.29 is 18.8 Å². The summed E-state index contributed by atoms with van der Waals surface area (Å²) in [6.45, 7) is 16.1. The lowest BCUT2D eigenvalue weighted by Crippen LogP contribution is -2.43. The zero-order valence-electron chi connectivity index (χ0n) is 20.2. The fraction of sp³-hybridized carbons (Fsp3) is 0.583. The van der Waals surface area contributed by atoms with E-state index in [1.807, 2.05) is 41.5 Å². The van der Waals surface area contributed by atoms with Crippen LogP contribution in [0.2, 0.25) is 10.0 Å². The van der Waals surface area contributed by atoms with Crippen LogP contribution in [0.4, 0.5) is 4.79 Å². The standard InChI is InChI=1S/C24H34Cl2N2O4S/c1-8-13-31-20-15-19(26)18(25)14-17(20)21(27-33(30)24(5,6)7)16-9-11-28(12-10-16)22(29)32-23(2,3)4/h8,14-16H,1,9-13H2,2-7H3/t33-/m0/s1. The van der Waals surface area contributed by atoms with Crippen molar-refractivity contribution in [2.75, 3.05) is 19.7 Å². The zero-order chi connectivity index (χ0) is 25.0. The Labute approximate surface area is 210 Å². The Kier molecular flexibility index (Phi) is 9.57. The third-order valence-corrected chi connectivity index (χ3v) is 7.03. The molecule has 0 N–H and O–H groups in total. The molecule has 9 heteroatoms. The van der Waals surface area contributed by atoms with Crippen LogP contribution in [0.25, 0.3) is 0 Å². The van der Waals surface area contributed by atoms with Crippen LogP contribution >= 0.6 is 23.2 Å². The van der Waals surface area contributed by atoms with E-state index in [2.05, 4.69) is 11.0 Å². The smallest absolute Gasteiger partial charge is 0.410 e. The SMILES string of the molecule is C=CCOc1cc(Cl)c(Cl)cc1C(=N[S@@+]([O-])C(C)(C)C)C1CCN(C(=O)OC(C)(C)C)CC1. The summed E-state index contributed by atoms with van der Waals surface area (Å²) in [5, 5.41) is 0.716. The fourth-order valence-electron chi connectivity index (χ4n) is 3.23. The molecule has 2 rings (SSSR count). The molecule has 1 fully saturated rings. The first-order valence-corrected chi connectivity index (χ1v) is 12.8. The van der Waals surface area contributed by atoms with Crippen LogP contribution in [0.1, 0.15) is 59.9 Å². The van der Waals surface area contributed by atoms with Crippen LogP contribution in [-0.4, -0.2) is 51.3 Å². The average Bonchev–Trinajstić information content (AvgIpc) is 2.70. The minimum absolute atomic E-state index is 0.0432. The Morgan fingerprint density at radius 1 is 1.21 bits per heavy atom. The van der Waals surface area contributed by atoms with Crippen molar-refractivity contribution in [1.82, 2.24) is 4.90 Å². The Balaban J connectivity index is 2.40. The zero-order valence-corrected chi connectivity index (χ0v) is 22.6. The van der Waals surface area contributed by atoms with Crippen molar-refractivity contribution >= 4 is 46.4 Å². The molecule has 0 radical (unpaired) electrons. The number of carbonyl (C=O) groups is 1. The van der Waals surface area contributed by atoms with Crippen molar-refractivity contribution in [2.45, 2.75) is 64.7 Å². The Morgan fingerprint density at radius 2 is 1.79 bits per heavy atom. The molecule has 1 saturated heterocycles. The van der Waals surface area contributed by atoms with Gasteiger partial charge in [-0.1, -0.05) is 40.3 Å². The molecule has 0 aromatic heterocycles. The molecule has 1 amide bonds. The largest absolute Gasteiger partial charge is 0.591 e. The summed E-state index contributed by atoms with van der Waals surface area (Å²) in [6.07, 6.45) is 2.58. The molecule has 1 aromatic rings. The summed E-state index contributed by atoms with van der Waals surface area (Å²) in [5.74, 6) is 0.460. The molecule has 1 atom stereocenters. The van der Waals surface area contributed by atoms with Crippen LogP contribution in [0.3, 0.4) is 0 Å². The quantitative estimate of drug-likeness (QED) is 0.247. The molecule has 6 nitrogen and oxygen atoms in total. The summed E-state index contributed by atoms with van der Waals surface area (Å²) >= 11 is 11.1. The number of nitrogens with zero attached hydrogens (tertiary/aromatic N) is 2. The number of benzene rings is 1. The van der Waals surface area contributed by atoms with Gasteiger partial charge in [-0.3, -0.25) is 0 Å². The van der Waals surface area contributed by atoms with Gasteiger partial charge in [-0.2, -0.15) is 0 Å². The molecule has 0 aliphatic carbocycles. The Bertz CT molecular complexity index is 886. The highest BCUT2D eigenvalue weighted by atomic mass is 35.5. The summed E-state index contributed by atoms with van der Waals surface area (Å²) in [5.41, 5.74) is 0.742. The summed E-state index contributed by atoms with van der Waals surface area (Å²) < 4.78 is 28.5. The maximum Gasteiger partial charge on any atom is 0.410 e. The van der Waals surface area contributed by atoms with E-state index in [1.54, 1.807) is 23.1 Å². The molecule has 0 unspecified atom stereocenters. The van der Waals surface area contributed by atoms with Crippen molar-refractivity contribution in [1.29, 1.82) is 0 Å². The van der Waals surface area contributed by atoms with E-state index < -0.39 is 21.7 Å². The lowest BCUT2D eigenvalue weighted by atomic mass is 9.88. The van der Waals surface area contributed by atoms with E-state index in [-0.39, 0.29) is 18.6 Å². The maximum absolute atomic E-state index is 13.0. The number of ether oxygens (including phenoxy) is 2. The summed E-state index contributed by atoms with van der Waals surface area (Å²) in [4.78, 5) is 14.2. The van der Waals surface area contributed by atoms with Crippen LogP contribution < -0.4 is 4.74 Å². The van der Waals surface area contributed by atoms with Crippen LogP contribution in [0.15, 0.2) is 29.2 Å². The molecule has 0 bridgehead atoms. The van der Waals surface area contributed by atoms with E-state index in [9.17, 15) is 9.35 Å².